The van der Waals surface area contributed by atoms with Crippen LogP contribution in [0.25, 0.3) is 10.9 Å². The van der Waals surface area contributed by atoms with E-state index in [1.807, 2.05) is 6.07 Å². The van der Waals surface area contributed by atoms with E-state index in [1.54, 1.807) is 41.3 Å². The van der Waals surface area contributed by atoms with Gasteiger partial charge < -0.3 is 14.8 Å². The molecule has 0 atom stereocenters. The molecule has 1 aromatic heterocycles. The Morgan fingerprint density at radius 1 is 0.862 bits per heavy atom. The second kappa shape index (κ2) is 7.67. The number of piperazine rings is 1. The van der Waals surface area contributed by atoms with Gasteiger partial charge in [-0.15, -0.1) is 4.91 Å². The molecule has 0 spiro atoms. The number of para-hydroxylation sites is 1. The lowest BCUT2D eigenvalue weighted by molar-refractivity contribution is -0.127. The Labute approximate surface area is 166 Å². The first kappa shape index (κ1) is 18.5. The van der Waals surface area contributed by atoms with Crippen LogP contribution >= 0.6 is 0 Å². The normalized spacial score (nSPS) is 14.1. The van der Waals surface area contributed by atoms with E-state index in [-0.39, 0.29) is 30.2 Å². The lowest BCUT2D eigenvalue weighted by atomic mass is 10.1. The molecule has 0 bridgehead atoms. The monoisotopic (exact) mass is 390 g/mol. The quantitative estimate of drug-likeness (QED) is 0.420. The standard InChI is InChI=1S/C21H18N4O4/c26-19(16-13-22-18-15(16)7-4-8-17(18)23-29)21(28)25-11-9-24(10-12-25)20(27)14-5-2-1-3-6-14/h1-8,13,22H,9-12H2. The van der Waals surface area contributed by atoms with Crippen LogP contribution in [-0.2, 0) is 4.79 Å². The molecule has 2 amide bonds. The zero-order chi connectivity index (χ0) is 20.4. The summed E-state index contributed by atoms with van der Waals surface area (Å²) in [5.41, 5.74) is 1.42. The molecular formula is C21H18N4O4. The number of ketones is 1. The van der Waals surface area contributed by atoms with Crippen LogP contribution in [0, 0.1) is 4.91 Å². The van der Waals surface area contributed by atoms with E-state index >= 15 is 0 Å². The second-order valence-corrected chi connectivity index (χ2v) is 6.77. The fourth-order valence-corrected chi connectivity index (χ4v) is 3.54. The minimum atomic E-state index is -0.651. The number of benzene rings is 2. The average molecular weight is 390 g/mol. The summed E-state index contributed by atoms with van der Waals surface area (Å²) in [7, 11) is 0. The number of hydrogen-bond acceptors (Lipinski definition) is 5. The molecule has 0 radical (unpaired) electrons. The molecule has 8 heteroatoms. The number of Topliss-reactive ketones (excluding diaryl/α,β-unsaturated/α-hetero) is 1. The second-order valence-electron chi connectivity index (χ2n) is 6.77. The van der Waals surface area contributed by atoms with Crippen molar-refractivity contribution in [3.63, 3.8) is 0 Å². The predicted molar refractivity (Wildman–Crippen MR) is 107 cm³/mol. The van der Waals surface area contributed by atoms with Crippen molar-refractivity contribution in [1.82, 2.24) is 14.8 Å². The lowest BCUT2D eigenvalue weighted by Gasteiger charge is -2.34. The Bertz CT molecular complexity index is 1100. The zero-order valence-electron chi connectivity index (χ0n) is 15.5. The largest absolute Gasteiger partial charge is 0.359 e. The molecule has 8 nitrogen and oxygen atoms in total. The van der Waals surface area contributed by atoms with Gasteiger partial charge in [0.15, 0.2) is 0 Å². The molecule has 1 aliphatic heterocycles. The molecule has 2 heterocycles. The van der Waals surface area contributed by atoms with Gasteiger partial charge in [-0.2, -0.15) is 0 Å². The Hall–Kier alpha value is -3.81. The van der Waals surface area contributed by atoms with E-state index in [1.165, 1.54) is 17.2 Å². The van der Waals surface area contributed by atoms with Gasteiger partial charge in [-0.25, -0.2) is 0 Å². The maximum absolute atomic E-state index is 12.8. The molecule has 2 aromatic carbocycles. The van der Waals surface area contributed by atoms with Gasteiger partial charge in [0.25, 0.3) is 17.6 Å². The van der Waals surface area contributed by atoms with Crippen LogP contribution in [0.5, 0.6) is 0 Å². The van der Waals surface area contributed by atoms with Gasteiger partial charge in [0.1, 0.15) is 5.69 Å². The van der Waals surface area contributed by atoms with E-state index < -0.39 is 11.7 Å². The van der Waals surface area contributed by atoms with Crippen LogP contribution in [-0.4, -0.2) is 58.6 Å². The highest BCUT2D eigenvalue weighted by atomic mass is 16.3. The van der Waals surface area contributed by atoms with Crippen LogP contribution in [0.3, 0.4) is 0 Å². The summed E-state index contributed by atoms with van der Waals surface area (Å²) < 4.78 is 0. The number of carbonyl (C=O) groups is 3. The van der Waals surface area contributed by atoms with Crippen LogP contribution < -0.4 is 0 Å². The number of nitroso groups, excluding NO2 is 1. The van der Waals surface area contributed by atoms with E-state index in [0.717, 1.165) is 0 Å². The van der Waals surface area contributed by atoms with E-state index in [2.05, 4.69) is 10.2 Å². The number of H-pyrrole nitrogens is 1. The summed E-state index contributed by atoms with van der Waals surface area (Å²) in [6.45, 7) is 1.29. The fraction of sp³-hybridized carbons (Fsp3) is 0.190. The van der Waals surface area contributed by atoms with Gasteiger partial charge in [-0.05, 0) is 23.4 Å². The maximum Gasteiger partial charge on any atom is 0.295 e. The van der Waals surface area contributed by atoms with Gasteiger partial charge in [-0.3, -0.25) is 14.4 Å². The van der Waals surface area contributed by atoms with Crippen molar-refractivity contribution in [2.24, 2.45) is 5.18 Å². The molecule has 1 saturated heterocycles. The minimum Gasteiger partial charge on any atom is -0.359 e. The van der Waals surface area contributed by atoms with Crippen molar-refractivity contribution in [3.8, 4) is 0 Å². The molecule has 1 aliphatic rings. The van der Waals surface area contributed by atoms with Crippen molar-refractivity contribution < 1.29 is 14.4 Å². The summed E-state index contributed by atoms with van der Waals surface area (Å²) in [5.74, 6) is -1.36. The average Bonchev–Trinajstić information content (AvgIpc) is 3.22. The minimum absolute atomic E-state index is 0.0884. The summed E-state index contributed by atoms with van der Waals surface area (Å²) in [6.07, 6.45) is 1.43. The van der Waals surface area contributed by atoms with Crippen LogP contribution in [0.2, 0.25) is 0 Å². The van der Waals surface area contributed by atoms with Gasteiger partial charge >= 0.3 is 0 Å². The highest BCUT2D eigenvalue weighted by molar-refractivity contribution is 6.45. The molecular weight excluding hydrogens is 372 g/mol. The van der Waals surface area contributed by atoms with Gasteiger partial charge in [-0.1, -0.05) is 30.3 Å². The van der Waals surface area contributed by atoms with E-state index in [9.17, 15) is 19.3 Å². The Morgan fingerprint density at radius 2 is 1.55 bits per heavy atom. The van der Waals surface area contributed by atoms with Crippen molar-refractivity contribution in [2.45, 2.75) is 0 Å². The molecule has 4 rings (SSSR count). The van der Waals surface area contributed by atoms with E-state index in [4.69, 9.17) is 0 Å². The smallest absolute Gasteiger partial charge is 0.295 e. The number of rotatable bonds is 4. The van der Waals surface area contributed by atoms with Gasteiger partial charge in [0, 0.05) is 43.3 Å². The Morgan fingerprint density at radius 3 is 2.24 bits per heavy atom. The van der Waals surface area contributed by atoms with E-state index in [0.29, 0.717) is 29.6 Å². The lowest BCUT2D eigenvalue weighted by Crippen LogP contribution is -2.52. The van der Waals surface area contributed by atoms with Crippen molar-refractivity contribution >= 4 is 34.2 Å². The van der Waals surface area contributed by atoms with Crippen molar-refractivity contribution in [2.75, 3.05) is 26.2 Å². The molecule has 0 saturated carbocycles. The maximum atomic E-state index is 12.8. The number of fused-ring (bicyclic) bond motifs is 1. The Kier molecular flexibility index (Phi) is 4.90. The molecule has 0 aliphatic carbocycles. The van der Waals surface area contributed by atoms with Crippen molar-refractivity contribution in [3.05, 3.63) is 70.8 Å². The molecule has 1 N–H and O–H groups in total. The van der Waals surface area contributed by atoms with Crippen LogP contribution in [0.1, 0.15) is 20.7 Å². The number of nitrogens with zero attached hydrogens (tertiary/aromatic N) is 3. The third kappa shape index (κ3) is 3.40. The topological polar surface area (TPSA) is 103 Å². The van der Waals surface area contributed by atoms with Crippen LogP contribution in [0.15, 0.2) is 59.9 Å². The number of amides is 2. The SMILES string of the molecule is O=Nc1cccc2c(C(=O)C(=O)N3CCN(C(=O)c4ccccc4)CC3)c[nH]c12. The highest BCUT2D eigenvalue weighted by Crippen LogP contribution is 2.28. The molecule has 3 aromatic rings. The molecule has 1 fully saturated rings. The fourth-order valence-electron chi connectivity index (χ4n) is 3.54. The van der Waals surface area contributed by atoms with Gasteiger partial charge in [0.05, 0.1) is 11.1 Å². The number of nitrogens with one attached hydrogen (secondary N) is 1. The predicted octanol–water partition coefficient (Wildman–Crippen LogP) is 2.73. The molecule has 29 heavy (non-hydrogen) atoms. The summed E-state index contributed by atoms with van der Waals surface area (Å²) >= 11 is 0. The molecule has 0 unspecified atom stereocenters. The number of aromatic nitrogens is 1. The summed E-state index contributed by atoms with van der Waals surface area (Å²) in [5, 5.41) is 3.42. The number of hydrogen-bond donors (Lipinski definition) is 1. The third-order valence-corrected chi connectivity index (χ3v) is 5.11. The number of carbonyl (C=O) groups excluding carboxylic acids is 3. The van der Waals surface area contributed by atoms with Crippen LogP contribution in [0.4, 0.5) is 5.69 Å². The first-order chi connectivity index (χ1) is 14.1. The highest BCUT2D eigenvalue weighted by Gasteiger charge is 2.30. The summed E-state index contributed by atoms with van der Waals surface area (Å²) in [4.78, 5) is 54.9. The third-order valence-electron chi connectivity index (χ3n) is 5.11. The zero-order valence-corrected chi connectivity index (χ0v) is 15.5. The van der Waals surface area contributed by atoms with Gasteiger partial charge in [0.2, 0.25) is 0 Å². The first-order valence-electron chi connectivity index (χ1n) is 9.21. The van der Waals surface area contributed by atoms with Crippen molar-refractivity contribution in [1.29, 1.82) is 0 Å². The molecule has 146 valence electrons. The number of aromatic amines is 1. The first-order valence-corrected chi connectivity index (χ1v) is 9.21. The summed E-state index contributed by atoms with van der Waals surface area (Å²) in [6, 6.07) is 13.8. The Balaban J connectivity index is 1.45.